The Morgan fingerprint density at radius 3 is 2.19 bits per heavy atom. The second-order valence-electron chi connectivity index (χ2n) is 5.93. The molecule has 0 aliphatic heterocycles. The van der Waals surface area contributed by atoms with Gasteiger partial charge in [-0.1, -0.05) is 28.1 Å². The number of hydrogen-bond acceptors (Lipinski definition) is 1. The molecule has 0 radical (unpaired) electrons. The standard InChI is InChI=1S/C18H19BrFN/c1-11-9-15(19)10-12(2)17(11)21-18(13-3-4-13)14-5-7-16(20)8-6-14/h5-10,13,18,21H,3-4H2,1-2H3. The van der Waals surface area contributed by atoms with Crippen molar-refractivity contribution in [1.29, 1.82) is 0 Å². The second kappa shape index (κ2) is 5.80. The van der Waals surface area contributed by atoms with Crippen LogP contribution in [0.25, 0.3) is 0 Å². The van der Waals surface area contributed by atoms with Crippen LogP contribution in [0.5, 0.6) is 0 Å². The molecule has 1 N–H and O–H groups in total. The van der Waals surface area contributed by atoms with E-state index in [0.717, 1.165) is 4.47 Å². The molecule has 110 valence electrons. The molecule has 0 aromatic heterocycles. The smallest absolute Gasteiger partial charge is 0.123 e. The highest BCUT2D eigenvalue weighted by Crippen LogP contribution is 2.43. The summed E-state index contributed by atoms with van der Waals surface area (Å²) in [7, 11) is 0. The van der Waals surface area contributed by atoms with Gasteiger partial charge in [0.25, 0.3) is 0 Å². The summed E-state index contributed by atoms with van der Waals surface area (Å²) in [5.74, 6) is 0.474. The minimum atomic E-state index is -0.177. The van der Waals surface area contributed by atoms with E-state index in [-0.39, 0.29) is 11.9 Å². The van der Waals surface area contributed by atoms with Crippen LogP contribution in [0.2, 0.25) is 0 Å². The van der Waals surface area contributed by atoms with Crippen LogP contribution in [-0.4, -0.2) is 0 Å². The third-order valence-corrected chi connectivity index (χ3v) is 4.58. The first-order valence-corrected chi connectivity index (χ1v) is 8.12. The lowest BCUT2D eigenvalue weighted by Crippen LogP contribution is -2.14. The van der Waals surface area contributed by atoms with E-state index in [0.29, 0.717) is 5.92 Å². The summed E-state index contributed by atoms with van der Waals surface area (Å²) in [6, 6.07) is 11.4. The van der Waals surface area contributed by atoms with E-state index in [1.165, 1.54) is 35.2 Å². The zero-order chi connectivity index (χ0) is 15.0. The lowest BCUT2D eigenvalue weighted by atomic mass is 10.00. The SMILES string of the molecule is Cc1cc(Br)cc(C)c1NC(c1ccc(F)cc1)C1CC1. The Morgan fingerprint density at radius 1 is 1.10 bits per heavy atom. The highest BCUT2D eigenvalue weighted by atomic mass is 79.9. The van der Waals surface area contributed by atoms with Crippen LogP contribution < -0.4 is 5.32 Å². The van der Waals surface area contributed by atoms with Crippen molar-refractivity contribution in [3.8, 4) is 0 Å². The summed E-state index contributed by atoms with van der Waals surface area (Å²) >= 11 is 3.54. The van der Waals surface area contributed by atoms with Gasteiger partial charge in [0.05, 0.1) is 6.04 Å². The largest absolute Gasteiger partial charge is 0.378 e. The Balaban J connectivity index is 1.91. The van der Waals surface area contributed by atoms with Gasteiger partial charge in [-0.3, -0.25) is 0 Å². The van der Waals surface area contributed by atoms with Gasteiger partial charge < -0.3 is 5.32 Å². The van der Waals surface area contributed by atoms with Crippen LogP contribution in [0.1, 0.15) is 35.6 Å². The highest BCUT2D eigenvalue weighted by molar-refractivity contribution is 9.10. The third kappa shape index (κ3) is 3.29. The molecule has 1 saturated carbocycles. The van der Waals surface area contributed by atoms with Crippen LogP contribution in [0.4, 0.5) is 10.1 Å². The topological polar surface area (TPSA) is 12.0 Å². The van der Waals surface area contributed by atoms with Crippen molar-refractivity contribution in [2.75, 3.05) is 5.32 Å². The first-order chi connectivity index (χ1) is 10.0. The lowest BCUT2D eigenvalue weighted by molar-refractivity contribution is 0.622. The van der Waals surface area contributed by atoms with E-state index >= 15 is 0 Å². The van der Waals surface area contributed by atoms with Crippen LogP contribution in [0, 0.1) is 25.6 Å². The molecule has 0 amide bonds. The molecule has 0 heterocycles. The highest BCUT2D eigenvalue weighted by Gasteiger charge is 2.32. The van der Waals surface area contributed by atoms with E-state index in [9.17, 15) is 4.39 Å². The van der Waals surface area contributed by atoms with Crippen molar-refractivity contribution in [3.63, 3.8) is 0 Å². The predicted molar refractivity (Wildman–Crippen MR) is 89.1 cm³/mol. The van der Waals surface area contributed by atoms with E-state index in [1.807, 2.05) is 12.1 Å². The predicted octanol–water partition coefficient (Wildman–Crippen LogP) is 5.77. The Hall–Kier alpha value is -1.35. The van der Waals surface area contributed by atoms with Crippen molar-refractivity contribution >= 4 is 21.6 Å². The fourth-order valence-corrected chi connectivity index (χ4v) is 3.55. The molecule has 21 heavy (non-hydrogen) atoms. The Bertz CT molecular complexity index is 624. The van der Waals surface area contributed by atoms with Gasteiger partial charge >= 0.3 is 0 Å². The Labute approximate surface area is 133 Å². The van der Waals surface area contributed by atoms with Gasteiger partial charge in [0.15, 0.2) is 0 Å². The van der Waals surface area contributed by atoms with Gasteiger partial charge in [-0.15, -0.1) is 0 Å². The molecule has 0 saturated heterocycles. The molecular weight excluding hydrogens is 329 g/mol. The zero-order valence-electron chi connectivity index (χ0n) is 12.3. The van der Waals surface area contributed by atoms with Gasteiger partial charge in [0, 0.05) is 10.2 Å². The molecule has 1 unspecified atom stereocenters. The fraction of sp³-hybridized carbons (Fsp3) is 0.333. The van der Waals surface area contributed by atoms with Crippen LogP contribution >= 0.6 is 15.9 Å². The summed E-state index contributed by atoms with van der Waals surface area (Å²) in [5.41, 5.74) is 4.82. The maximum absolute atomic E-state index is 13.1. The number of rotatable bonds is 4. The van der Waals surface area contributed by atoms with Gasteiger partial charge in [-0.2, -0.15) is 0 Å². The summed E-state index contributed by atoms with van der Waals surface area (Å²) in [5, 5.41) is 3.70. The molecule has 3 heteroatoms. The number of benzene rings is 2. The molecule has 3 rings (SSSR count). The molecule has 1 atom stereocenters. The molecule has 1 aliphatic rings. The van der Waals surface area contributed by atoms with Gasteiger partial charge in [-0.25, -0.2) is 4.39 Å². The molecule has 0 spiro atoms. The first-order valence-electron chi connectivity index (χ1n) is 7.33. The minimum absolute atomic E-state index is 0.177. The zero-order valence-corrected chi connectivity index (χ0v) is 13.9. The number of nitrogens with one attached hydrogen (secondary N) is 1. The van der Waals surface area contributed by atoms with Crippen molar-refractivity contribution < 1.29 is 4.39 Å². The van der Waals surface area contributed by atoms with Crippen molar-refractivity contribution in [2.24, 2.45) is 5.92 Å². The Kier molecular flexibility index (Phi) is 4.03. The quantitative estimate of drug-likeness (QED) is 0.740. The summed E-state index contributed by atoms with van der Waals surface area (Å²) in [4.78, 5) is 0. The van der Waals surface area contributed by atoms with Crippen LogP contribution in [0.15, 0.2) is 40.9 Å². The Morgan fingerprint density at radius 2 is 1.67 bits per heavy atom. The molecule has 1 aliphatic carbocycles. The maximum Gasteiger partial charge on any atom is 0.123 e. The number of anilines is 1. The lowest BCUT2D eigenvalue weighted by Gasteiger charge is -2.23. The molecule has 1 fully saturated rings. The molecule has 2 aromatic carbocycles. The molecular formula is C18H19BrFN. The van der Waals surface area contributed by atoms with Gasteiger partial charge in [0.2, 0.25) is 0 Å². The summed E-state index contributed by atoms with van der Waals surface area (Å²) in [6.07, 6.45) is 2.48. The van der Waals surface area contributed by atoms with E-state index in [4.69, 9.17) is 0 Å². The van der Waals surface area contributed by atoms with Gasteiger partial charge in [0.1, 0.15) is 5.82 Å². The first kappa shape index (κ1) is 14.6. The van der Waals surface area contributed by atoms with E-state index < -0.39 is 0 Å². The van der Waals surface area contributed by atoms with Crippen molar-refractivity contribution in [3.05, 3.63) is 63.4 Å². The summed E-state index contributed by atoms with van der Waals surface area (Å²) < 4.78 is 14.2. The monoisotopic (exact) mass is 347 g/mol. The molecule has 2 aromatic rings. The molecule has 1 nitrogen and oxygen atoms in total. The number of hydrogen-bond donors (Lipinski definition) is 1. The third-order valence-electron chi connectivity index (χ3n) is 4.12. The van der Waals surface area contributed by atoms with Crippen LogP contribution in [-0.2, 0) is 0 Å². The van der Waals surface area contributed by atoms with Gasteiger partial charge in [-0.05, 0) is 73.6 Å². The second-order valence-corrected chi connectivity index (χ2v) is 6.84. The van der Waals surface area contributed by atoms with Crippen LogP contribution in [0.3, 0.4) is 0 Å². The number of aryl methyl sites for hydroxylation is 2. The fourth-order valence-electron chi connectivity index (χ4n) is 2.87. The van der Waals surface area contributed by atoms with E-state index in [2.05, 4.69) is 47.2 Å². The summed E-state index contributed by atoms with van der Waals surface area (Å²) in [6.45, 7) is 4.24. The average molecular weight is 348 g/mol. The molecule has 0 bridgehead atoms. The average Bonchev–Trinajstić information content (AvgIpc) is 3.24. The normalized spacial score (nSPS) is 15.8. The number of halogens is 2. The van der Waals surface area contributed by atoms with E-state index in [1.54, 1.807) is 12.1 Å². The van der Waals surface area contributed by atoms with Crippen molar-refractivity contribution in [2.45, 2.75) is 32.7 Å². The maximum atomic E-state index is 13.1. The minimum Gasteiger partial charge on any atom is -0.378 e. The van der Waals surface area contributed by atoms with Crippen molar-refractivity contribution in [1.82, 2.24) is 0 Å².